The lowest BCUT2D eigenvalue weighted by Gasteiger charge is -2.32. The maximum Gasteiger partial charge on any atom is 0.415 e. The standard InChI is InChI=1S/C21H23ClFN7O3/c1-2-33-21(32)29-20(31)30-5-3-4-12(11-30)7-24-19-16(23)10-27-18(28-19)15-9-26-17-14(15)6-13(22)8-25-17/h6,8-10,12H,2-5,7,11H2,1H3,(H,25,26)(H,24,27,28)(H,29,31,32). The van der Waals surface area contributed by atoms with Gasteiger partial charge in [-0.3, -0.25) is 0 Å². The Morgan fingerprint density at radius 2 is 2.21 bits per heavy atom. The minimum absolute atomic E-state index is 0.0561. The van der Waals surface area contributed by atoms with E-state index < -0.39 is 17.9 Å². The SMILES string of the molecule is CCOC(=O)NC(=O)N1CCCC(CNc2nc(-c3c[nH]c4ncc(Cl)cc34)ncc2F)C1. The summed E-state index contributed by atoms with van der Waals surface area (Å²) in [5.41, 5.74) is 1.28. The molecule has 3 aromatic rings. The number of likely N-dealkylation sites (tertiary alicyclic amines) is 1. The quantitative estimate of drug-likeness (QED) is 0.512. The molecule has 3 aromatic heterocycles. The molecule has 1 aliphatic heterocycles. The van der Waals surface area contributed by atoms with Gasteiger partial charge < -0.3 is 19.9 Å². The Kier molecular flexibility index (Phi) is 6.87. The first-order chi connectivity index (χ1) is 15.9. The Bertz CT molecular complexity index is 1170. The number of hydrogen-bond acceptors (Lipinski definition) is 7. The number of ether oxygens (including phenoxy) is 1. The second-order valence-electron chi connectivity index (χ2n) is 7.63. The third-order valence-corrected chi connectivity index (χ3v) is 5.54. The van der Waals surface area contributed by atoms with Crippen molar-refractivity contribution in [1.82, 2.24) is 30.2 Å². The van der Waals surface area contributed by atoms with Crippen LogP contribution in [0.15, 0.2) is 24.7 Å². The molecule has 0 aliphatic carbocycles. The van der Waals surface area contributed by atoms with E-state index in [4.69, 9.17) is 16.3 Å². The first-order valence-corrected chi connectivity index (χ1v) is 10.9. The number of alkyl carbamates (subject to hydrolysis) is 1. The normalized spacial score (nSPS) is 16.0. The zero-order valence-corrected chi connectivity index (χ0v) is 18.7. The molecule has 0 spiro atoms. The average Bonchev–Trinajstić information content (AvgIpc) is 3.22. The van der Waals surface area contributed by atoms with Crippen LogP contribution in [0.1, 0.15) is 19.8 Å². The number of aromatic nitrogens is 4. The van der Waals surface area contributed by atoms with Gasteiger partial charge >= 0.3 is 12.1 Å². The van der Waals surface area contributed by atoms with Crippen molar-refractivity contribution in [1.29, 1.82) is 0 Å². The number of carbonyl (C=O) groups excluding carboxylic acids is 2. The van der Waals surface area contributed by atoms with Crippen LogP contribution in [0.5, 0.6) is 0 Å². The zero-order valence-electron chi connectivity index (χ0n) is 17.9. The van der Waals surface area contributed by atoms with Crippen molar-refractivity contribution in [3.05, 3.63) is 35.5 Å². The summed E-state index contributed by atoms with van der Waals surface area (Å²) in [6, 6.07) is 1.24. The van der Waals surface area contributed by atoms with Crippen molar-refractivity contribution in [2.45, 2.75) is 19.8 Å². The van der Waals surface area contributed by atoms with E-state index in [-0.39, 0.29) is 18.3 Å². The van der Waals surface area contributed by atoms with Gasteiger partial charge in [0.15, 0.2) is 17.5 Å². The Morgan fingerprint density at radius 1 is 1.36 bits per heavy atom. The highest BCUT2D eigenvalue weighted by Crippen LogP contribution is 2.28. The number of halogens is 2. The van der Waals surface area contributed by atoms with Crippen LogP contribution in [0.4, 0.5) is 19.8 Å². The number of nitrogens with one attached hydrogen (secondary N) is 3. The molecule has 0 bridgehead atoms. The van der Waals surface area contributed by atoms with Gasteiger partial charge in [0.05, 0.1) is 17.8 Å². The number of amides is 3. The highest BCUT2D eigenvalue weighted by molar-refractivity contribution is 6.31. The van der Waals surface area contributed by atoms with E-state index in [1.165, 1.54) is 6.20 Å². The van der Waals surface area contributed by atoms with Crippen molar-refractivity contribution >= 4 is 40.6 Å². The molecule has 33 heavy (non-hydrogen) atoms. The zero-order chi connectivity index (χ0) is 23.4. The van der Waals surface area contributed by atoms with Crippen LogP contribution in [0.25, 0.3) is 22.4 Å². The number of anilines is 1. The number of piperidine rings is 1. The molecular weight excluding hydrogens is 453 g/mol. The summed E-state index contributed by atoms with van der Waals surface area (Å²) in [6.45, 7) is 3.20. The third kappa shape index (κ3) is 5.30. The summed E-state index contributed by atoms with van der Waals surface area (Å²) in [4.78, 5) is 41.0. The Balaban J connectivity index is 1.42. The number of imide groups is 1. The van der Waals surface area contributed by atoms with Gasteiger partial charge in [-0.1, -0.05) is 11.6 Å². The second kappa shape index (κ2) is 9.99. The van der Waals surface area contributed by atoms with Crippen LogP contribution < -0.4 is 10.6 Å². The summed E-state index contributed by atoms with van der Waals surface area (Å²) in [6.07, 6.45) is 5.19. The van der Waals surface area contributed by atoms with Crippen LogP contribution in [0.2, 0.25) is 5.02 Å². The number of hydrogen-bond donors (Lipinski definition) is 3. The molecule has 174 valence electrons. The van der Waals surface area contributed by atoms with E-state index in [0.717, 1.165) is 24.4 Å². The maximum absolute atomic E-state index is 14.4. The lowest BCUT2D eigenvalue weighted by molar-refractivity contribution is 0.139. The molecule has 10 nitrogen and oxygen atoms in total. The summed E-state index contributed by atoms with van der Waals surface area (Å²) >= 11 is 6.06. The van der Waals surface area contributed by atoms with E-state index in [2.05, 4.69) is 30.6 Å². The highest BCUT2D eigenvalue weighted by atomic mass is 35.5. The molecule has 4 heterocycles. The van der Waals surface area contributed by atoms with Gasteiger partial charge in [0, 0.05) is 43.0 Å². The number of fused-ring (bicyclic) bond motifs is 1. The first kappa shape index (κ1) is 22.7. The molecule has 0 saturated carbocycles. The Hall–Kier alpha value is -3.47. The second-order valence-corrected chi connectivity index (χ2v) is 8.06. The molecule has 4 rings (SSSR count). The third-order valence-electron chi connectivity index (χ3n) is 5.33. The van der Waals surface area contributed by atoms with Crippen LogP contribution in [0, 0.1) is 11.7 Å². The topological polar surface area (TPSA) is 125 Å². The van der Waals surface area contributed by atoms with Gasteiger partial charge in [0.25, 0.3) is 0 Å². The lowest BCUT2D eigenvalue weighted by atomic mass is 9.98. The van der Waals surface area contributed by atoms with Crippen LogP contribution in [0.3, 0.4) is 0 Å². The molecule has 3 amide bonds. The van der Waals surface area contributed by atoms with Gasteiger partial charge in [-0.05, 0) is 31.7 Å². The van der Waals surface area contributed by atoms with Crippen LogP contribution in [-0.2, 0) is 4.74 Å². The fourth-order valence-electron chi connectivity index (χ4n) is 3.77. The maximum atomic E-state index is 14.4. The van der Waals surface area contributed by atoms with E-state index in [1.54, 1.807) is 24.1 Å². The fraction of sp³-hybridized carbons (Fsp3) is 0.381. The Labute approximate surface area is 193 Å². The number of H-pyrrole nitrogens is 1. The van der Waals surface area contributed by atoms with Crippen molar-refractivity contribution in [2.24, 2.45) is 5.92 Å². The van der Waals surface area contributed by atoms with E-state index in [9.17, 15) is 14.0 Å². The number of aromatic amines is 1. The van der Waals surface area contributed by atoms with Gasteiger partial charge in [-0.2, -0.15) is 0 Å². The summed E-state index contributed by atoms with van der Waals surface area (Å²) in [5.74, 6) is -0.131. The number of carbonyl (C=O) groups is 2. The average molecular weight is 476 g/mol. The van der Waals surface area contributed by atoms with E-state index in [1.807, 2.05) is 0 Å². The van der Waals surface area contributed by atoms with Gasteiger partial charge in [-0.25, -0.2) is 34.2 Å². The Morgan fingerprint density at radius 3 is 3.03 bits per heavy atom. The van der Waals surface area contributed by atoms with Gasteiger partial charge in [0.2, 0.25) is 0 Å². The largest absolute Gasteiger partial charge is 0.450 e. The lowest BCUT2D eigenvalue weighted by Crippen LogP contribution is -2.48. The molecular formula is C21H23ClFN7O3. The number of rotatable bonds is 5. The van der Waals surface area contributed by atoms with E-state index >= 15 is 0 Å². The molecule has 1 atom stereocenters. The van der Waals surface area contributed by atoms with Crippen LogP contribution in [-0.4, -0.2) is 63.2 Å². The smallest absolute Gasteiger partial charge is 0.415 e. The summed E-state index contributed by atoms with van der Waals surface area (Å²) in [5, 5.41) is 6.44. The van der Waals surface area contributed by atoms with Gasteiger partial charge in [0.1, 0.15) is 5.65 Å². The minimum atomic E-state index is -0.771. The molecule has 1 unspecified atom stereocenters. The highest BCUT2D eigenvalue weighted by Gasteiger charge is 2.25. The number of urea groups is 1. The van der Waals surface area contributed by atoms with Crippen LogP contribution >= 0.6 is 11.6 Å². The summed E-state index contributed by atoms with van der Waals surface area (Å²) in [7, 11) is 0. The monoisotopic (exact) mass is 475 g/mol. The first-order valence-electron chi connectivity index (χ1n) is 10.6. The fourth-order valence-corrected chi connectivity index (χ4v) is 3.93. The van der Waals surface area contributed by atoms with E-state index in [0.29, 0.717) is 41.7 Å². The van der Waals surface area contributed by atoms with Gasteiger partial charge in [-0.15, -0.1) is 0 Å². The minimum Gasteiger partial charge on any atom is -0.450 e. The predicted octanol–water partition coefficient (Wildman–Crippen LogP) is 3.80. The molecule has 0 radical (unpaired) electrons. The number of pyridine rings is 1. The van der Waals surface area contributed by atoms with Crippen molar-refractivity contribution < 1.29 is 18.7 Å². The molecule has 0 aromatic carbocycles. The molecule has 1 fully saturated rings. The molecule has 3 N–H and O–H groups in total. The molecule has 1 saturated heterocycles. The molecule has 1 aliphatic rings. The number of nitrogens with zero attached hydrogens (tertiary/aromatic N) is 4. The van der Waals surface area contributed by atoms with Crippen molar-refractivity contribution in [2.75, 3.05) is 31.6 Å². The molecule has 12 heteroatoms. The summed E-state index contributed by atoms with van der Waals surface area (Å²) < 4.78 is 19.2. The van der Waals surface area contributed by atoms with Crippen molar-refractivity contribution in [3.8, 4) is 11.4 Å². The predicted molar refractivity (Wildman–Crippen MR) is 120 cm³/mol. The van der Waals surface area contributed by atoms with Crippen molar-refractivity contribution in [3.63, 3.8) is 0 Å².